The first-order valence-corrected chi connectivity index (χ1v) is 6.22. The van der Waals surface area contributed by atoms with Gasteiger partial charge in [0.15, 0.2) is 0 Å². The largest absolute Gasteiger partial charge is 0.508 e. The lowest BCUT2D eigenvalue weighted by molar-refractivity contribution is -0.132. The Morgan fingerprint density at radius 1 is 1.39 bits per heavy atom. The van der Waals surface area contributed by atoms with Gasteiger partial charge < -0.3 is 15.7 Å². The van der Waals surface area contributed by atoms with Crippen molar-refractivity contribution in [3.63, 3.8) is 0 Å². The minimum absolute atomic E-state index is 0.0304. The Balaban J connectivity index is 2.69. The Morgan fingerprint density at radius 3 is 2.56 bits per heavy atom. The van der Waals surface area contributed by atoms with E-state index in [0.717, 1.165) is 5.56 Å². The fraction of sp³-hybridized carbons (Fsp3) is 0.500. The highest BCUT2D eigenvalue weighted by molar-refractivity contribution is 5.76. The molecule has 1 rings (SSSR count). The van der Waals surface area contributed by atoms with E-state index in [0.29, 0.717) is 12.8 Å². The van der Waals surface area contributed by atoms with Crippen LogP contribution in [0, 0.1) is 0 Å². The lowest BCUT2D eigenvalue weighted by Crippen LogP contribution is -2.30. The standard InChI is InChI=1S/C14H22N2O2/c1-10(15)8-9-14(18)16(3)11(2)12-6-4-5-7-13(12)17/h4-7,10-11,17H,8-9,15H2,1-3H3. The van der Waals surface area contributed by atoms with Gasteiger partial charge in [0.05, 0.1) is 6.04 Å². The molecule has 0 radical (unpaired) electrons. The highest BCUT2D eigenvalue weighted by atomic mass is 16.3. The minimum atomic E-state index is -0.146. The second kappa shape index (κ2) is 6.40. The average molecular weight is 250 g/mol. The van der Waals surface area contributed by atoms with Crippen LogP contribution in [0.25, 0.3) is 0 Å². The van der Waals surface area contributed by atoms with Crippen molar-refractivity contribution in [2.24, 2.45) is 5.73 Å². The van der Waals surface area contributed by atoms with E-state index in [2.05, 4.69) is 0 Å². The third-order valence-corrected chi connectivity index (χ3v) is 3.17. The number of nitrogens with two attached hydrogens (primary N) is 1. The molecule has 0 spiro atoms. The molecule has 2 atom stereocenters. The smallest absolute Gasteiger partial charge is 0.222 e. The number of rotatable bonds is 5. The Hall–Kier alpha value is -1.55. The molecule has 4 heteroatoms. The molecule has 0 heterocycles. The third kappa shape index (κ3) is 3.74. The van der Waals surface area contributed by atoms with E-state index in [1.807, 2.05) is 26.0 Å². The van der Waals surface area contributed by atoms with Gasteiger partial charge in [0, 0.05) is 25.1 Å². The molecule has 0 aliphatic heterocycles. The normalized spacial score (nSPS) is 14.0. The zero-order valence-electron chi connectivity index (χ0n) is 11.3. The number of amides is 1. The van der Waals surface area contributed by atoms with Crippen molar-refractivity contribution in [3.8, 4) is 5.75 Å². The van der Waals surface area contributed by atoms with E-state index >= 15 is 0 Å². The van der Waals surface area contributed by atoms with Gasteiger partial charge in [-0.2, -0.15) is 0 Å². The Morgan fingerprint density at radius 2 is 2.00 bits per heavy atom. The van der Waals surface area contributed by atoms with Gasteiger partial charge in [-0.15, -0.1) is 0 Å². The summed E-state index contributed by atoms with van der Waals surface area (Å²) in [6.07, 6.45) is 1.11. The second-order valence-electron chi connectivity index (χ2n) is 4.76. The van der Waals surface area contributed by atoms with E-state index in [9.17, 15) is 9.90 Å². The highest BCUT2D eigenvalue weighted by Gasteiger charge is 2.19. The molecule has 0 aromatic heterocycles. The molecule has 100 valence electrons. The van der Waals surface area contributed by atoms with Crippen LogP contribution in [0.1, 0.15) is 38.3 Å². The maximum atomic E-state index is 12.0. The van der Waals surface area contributed by atoms with Crippen molar-refractivity contribution in [3.05, 3.63) is 29.8 Å². The topological polar surface area (TPSA) is 66.6 Å². The minimum Gasteiger partial charge on any atom is -0.508 e. The summed E-state index contributed by atoms with van der Waals surface area (Å²) in [7, 11) is 1.75. The van der Waals surface area contributed by atoms with Gasteiger partial charge in [-0.25, -0.2) is 0 Å². The van der Waals surface area contributed by atoms with Crippen molar-refractivity contribution in [2.75, 3.05) is 7.05 Å². The summed E-state index contributed by atoms with van der Waals surface area (Å²) in [5.41, 5.74) is 6.40. The molecule has 1 aromatic rings. The van der Waals surface area contributed by atoms with Gasteiger partial charge >= 0.3 is 0 Å². The summed E-state index contributed by atoms with van der Waals surface area (Å²) in [5.74, 6) is 0.264. The number of hydrogen-bond donors (Lipinski definition) is 2. The van der Waals surface area contributed by atoms with Crippen LogP contribution in [0.3, 0.4) is 0 Å². The number of hydrogen-bond acceptors (Lipinski definition) is 3. The number of aromatic hydroxyl groups is 1. The lowest BCUT2D eigenvalue weighted by Gasteiger charge is -2.26. The number of carbonyl (C=O) groups is 1. The molecule has 4 nitrogen and oxygen atoms in total. The van der Waals surface area contributed by atoms with Crippen LogP contribution in [0.15, 0.2) is 24.3 Å². The molecule has 0 saturated carbocycles. The highest BCUT2D eigenvalue weighted by Crippen LogP contribution is 2.27. The van der Waals surface area contributed by atoms with Crippen LogP contribution < -0.4 is 5.73 Å². The van der Waals surface area contributed by atoms with Crippen molar-refractivity contribution in [2.45, 2.75) is 38.8 Å². The molecule has 1 aromatic carbocycles. The quantitative estimate of drug-likeness (QED) is 0.840. The maximum absolute atomic E-state index is 12.0. The van der Waals surface area contributed by atoms with Gasteiger partial charge in [0.25, 0.3) is 0 Å². The third-order valence-electron chi connectivity index (χ3n) is 3.17. The molecule has 2 unspecified atom stereocenters. The molecule has 0 aliphatic carbocycles. The predicted molar refractivity (Wildman–Crippen MR) is 72.2 cm³/mol. The lowest BCUT2D eigenvalue weighted by atomic mass is 10.1. The van der Waals surface area contributed by atoms with Gasteiger partial charge in [-0.1, -0.05) is 18.2 Å². The Bertz CT molecular complexity index is 405. The summed E-state index contributed by atoms with van der Waals surface area (Å²) >= 11 is 0. The molecule has 0 fully saturated rings. The van der Waals surface area contributed by atoms with Crippen LogP contribution in [0.5, 0.6) is 5.75 Å². The Kier molecular flexibility index (Phi) is 5.16. The molecule has 3 N–H and O–H groups in total. The predicted octanol–water partition coefficient (Wildman–Crippen LogP) is 2.04. The molecular formula is C14H22N2O2. The number of para-hydroxylation sites is 1. The number of carbonyl (C=O) groups excluding carboxylic acids is 1. The maximum Gasteiger partial charge on any atom is 0.222 e. The first kappa shape index (κ1) is 14.5. The van der Waals surface area contributed by atoms with E-state index < -0.39 is 0 Å². The fourth-order valence-corrected chi connectivity index (χ4v) is 1.79. The van der Waals surface area contributed by atoms with Crippen LogP contribution in [-0.2, 0) is 4.79 Å². The van der Waals surface area contributed by atoms with Crippen molar-refractivity contribution < 1.29 is 9.90 Å². The van der Waals surface area contributed by atoms with Crippen LogP contribution in [0.2, 0.25) is 0 Å². The van der Waals surface area contributed by atoms with Crippen molar-refractivity contribution in [1.29, 1.82) is 0 Å². The summed E-state index contributed by atoms with van der Waals surface area (Å²) in [5, 5.41) is 9.77. The zero-order valence-corrected chi connectivity index (χ0v) is 11.3. The molecule has 1 amide bonds. The van der Waals surface area contributed by atoms with E-state index in [-0.39, 0.29) is 23.7 Å². The summed E-state index contributed by atoms with van der Waals surface area (Å²) in [6.45, 7) is 3.79. The van der Waals surface area contributed by atoms with E-state index in [1.54, 1.807) is 24.1 Å². The number of phenolic OH excluding ortho intramolecular Hbond substituents is 1. The molecule has 0 aliphatic rings. The SMILES string of the molecule is CC(N)CCC(=O)N(C)C(C)c1ccccc1O. The summed E-state index contributed by atoms with van der Waals surface area (Å²) in [6, 6.07) is 6.96. The second-order valence-corrected chi connectivity index (χ2v) is 4.76. The van der Waals surface area contributed by atoms with E-state index in [4.69, 9.17) is 5.73 Å². The first-order valence-electron chi connectivity index (χ1n) is 6.22. The molecular weight excluding hydrogens is 228 g/mol. The Labute approximate surface area is 108 Å². The van der Waals surface area contributed by atoms with Crippen LogP contribution in [0.4, 0.5) is 0 Å². The van der Waals surface area contributed by atoms with Crippen LogP contribution >= 0.6 is 0 Å². The van der Waals surface area contributed by atoms with Crippen molar-refractivity contribution >= 4 is 5.91 Å². The fourth-order valence-electron chi connectivity index (χ4n) is 1.79. The molecule has 18 heavy (non-hydrogen) atoms. The zero-order chi connectivity index (χ0) is 13.7. The monoisotopic (exact) mass is 250 g/mol. The number of nitrogens with zero attached hydrogens (tertiary/aromatic N) is 1. The first-order chi connectivity index (χ1) is 8.43. The van der Waals surface area contributed by atoms with Crippen molar-refractivity contribution in [1.82, 2.24) is 4.90 Å². The van der Waals surface area contributed by atoms with Gasteiger partial charge in [-0.3, -0.25) is 4.79 Å². The van der Waals surface area contributed by atoms with Gasteiger partial charge in [-0.05, 0) is 26.3 Å². The summed E-state index contributed by atoms with van der Waals surface area (Å²) in [4.78, 5) is 13.6. The number of phenols is 1. The molecule has 0 bridgehead atoms. The number of benzene rings is 1. The van der Waals surface area contributed by atoms with Crippen LogP contribution in [-0.4, -0.2) is 29.0 Å². The average Bonchev–Trinajstić information content (AvgIpc) is 2.34. The van der Waals surface area contributed by atoms with Gasteiger partial charge in [0.1, 0.15) is 5.75 Å². The molecule has 0 saturated heterocycles. The summed E-state index contributed by atoms with van der Waals surface area (Å²) < 4.78 is 0. The van der Waals surface area contributed by atoms with E-state index in [1.165, 1.54) is 0 Å². The van der Waals surface area contributed by atoms with Gasteiger partial charge in [0.2, 0.25) is 5.91 Å².